The zero-order valence-electron chi connectivity index (χ0n) is 38.9. The number of ether oxygens (including phenoxy) is 2. The summed E-state index contributed by atoms with van der Waals surface area (Å²) in [7, 11) is 7.26. The molecule has 26 heteroatoms. The number of allylic oxidation sites excluding steroid dienone is 2. The van der Waals surface area contributed by atoms with Crippen molar-refractivity contribution in [1.29, 1.82) is 0 Å². The monoisotopic (exact) mass is 948 g/mol. The van der Waals surface area contributed by atoms with E-state index in [9.17, 15) is 41.7 Å². The SMILES string of the molecule is CC/C(C)=N\OC.CN1C(=O)CCC1=O.CN1C(=O)CCC1=O.CNC(C)=O.CO/C(C)=C/C(C)=O.COB(O)O.COS(=O)(=O)[O-].COc1ccc(Cl)cc1.Cn1ccnc1.[Na+]. The van der Waals surface area contributed by atoms with Crippen LogP contribution < -0.4 is 39.6 Å². The maximum Gasteiger partial charge on any atom is 1.00 e. The molecule has 1 aromatic carbocycles. The molecule has 63 heavy (non-hydrogen) atoms. The topological polar surface area (TPSA) is 295 Å². The second-order valence-corrected chi connectivity index (χ2v) is 13.0. The molecule has 0 atom stereocenters. The molecule has 0 spiro atoms. The first kappa shape index (κ1) is 70.4. The van der Waals surface area contributed by atoms with Crippen molar-refractivity contribution in [2.45, 2.75) is 66.7 Å². The second kappa shape index (κ2) is 44.4. The minimum atomic E-state index is -4.41. The summed E-state index contributed by atoms with van der Waals surface area (Å²) < 4.78 is 46.4. The number of hydrogen-bond donors (Lipinski definition) is 3. The van der Waals surface area contributed by atoms with E-state index in [-0.39, 0.29) is 64.9 Å². The average molecular weight is 949 g/mol. The summed E-state index contributed by atoms with van der Waals surface area (Å²) in [5, 5.41) is 22.2. The molecule has 354 valence electrons. The first-order valence-corrected chi connectivity index (χ1v) is 19.6. The number of amides is 5. The molecule has 2 aliphatic rings. The number of benzene rings is 1. The number of hydrogen-bond acceptors (Lipinski definition) is 18. The standard InChI is InChI=1S/C7H7ClO.C6H10O2.2C5H7NO2.C5H11NO.C4H6N2.C3H7NO.CH5BO3.CH4O4S.Na/c1-9-7-4-2-6(8)3-5-7;1-5(7)4-6(2)8-3;2*1-6-4(7)2-3-5(6)8;1-4-5(2)6-7-3;1-6-3-2-5-4-6;1-3(5)4-2;1-5-2(3)4;1-5-6(2,3)4;/h2-5H,1H3;4H,1-3H3;2*2-3H2,1H3;4H2,1-3H3;2-4H,1H3;1-2H3,(H,4,5);3-4H,1H3;1H3,(H,2,3,4);/q;;;;;;;;;+1/p-1/b;6-4+;;;6-5-;;;;;. The summed E-state index contributed by atoms with van der Waals surface area (Å²) in [4.78, 5) is 72.5. The minimum absolute atomic E-state index is 0. The molecular formula is C37H63BClN6NaO16S. The number of aromatic nitrogens is 2. The maximum atomic E-state index is 10.5. The fraction of sp³-hybridized carbons (Fsp3) is 0.514. The van der Waals surface area contributed by atoms with Crippen LogP contribution in [0.4, 0.5) is 0 Å². The van der Waals surface area contributed by atoms with Gasteiger partial charge in [0.05, 0.1) is 39.1 Å². The largest absolute Gasteiger partial charge is 1.00 e. The Kier molecular flexibility index (Phi) is 49.6. The summed E-state index contributed by atoms with van der Waals surface area (Å²) in [6, 6.07) is 7.23. The molecule has 0 radical (unpaired) electrons. The molecule has 2 aromatic rings. The number of rotatable bonds is 7. The Labute approximate surface area is 398 Å². The molecule has 1 aromatic heterocycles. The van der Waals surface area contributed by atoms with Crippen LogP contribution in [0.5, 0.6) is 5.75 Å². The van der Waals surface area contributed by atoms with E-state index in [1.165, 1.54) is 58.0 Å². The van der Waals surface area contributed by atoms with Crippen molar-refractivity contribution in [3.05, 3.63) is 59.8 Å². The van der Waals surface area contributed by atoms with Gasteiger partial charge in [-0.2, -0.15) is 0 Å². The van der Waals surface area contributed by atoms with Gasteiger partial charge < -0.3 is 43.5 Å². The van der Waals surface area contributed by atoms with Gasteiger partial charge in [0.25, 0.3) is 0 Å². The molecule has 2 saturated heterocycles. The van der Waals surface area contributed by atoms with Crippen LogP contribution >= 0.6 is 11.6 Å². The van der Waals surface area contributed by atoms with Crippen molar-refractivity contribution < 1.29 is 104 Å². The Hall–Kier alpha value is -4.24. The molecule has 2 fully saturated rings. The number of nitrogens with zero attached hydrogens (tertiary/aromatic N) is 5. The predicted molar refractivity (Wildman–Crippen MR) is 231 cm³/mol. The second-order valence-electron chi connectivity index (χ2n) is 11.5. The van der Waals surface area contributed by atoms with Gasteiger partial charge in [0.1, 0.15) is 12.9 Å². The van der Waals surface area contributed by atoms with Gasteiger partial charge in [0.2, 0.25) is 39.9 Å². The number of halogens is 1. The first-order valence-electron chi connectivity index (χ1n) is 17.9. The third-order valence-corrected chi connectivity index (χ3v) is 7.20. The third-order valence-electron chi connectivity index (χ3n) is 6.54. The number of aryl methyl sites for hydroxylation is 1. The Morgan fingerprint density at radius 1 is 0.889 bits per heavy atom. The van der Waals surface area contributed by atoms with E-state index in [1.54, 1.807) is 52.8 Å². The summed E-state index contributed by atoms with van der Waals surface area (Å²) in [6.45, 7) is 8.67. The zero-order chi connectivity index (χ0) is 49.4. The van der Waals surface area contributed by atoms with Crippen LogP contribution in [-0.2, 0) is 64.6 Å². The van der Waals surface area contributed by atoms with E-state index in [1.807, 2.05) is 43.8 Å². The van der Waals surface area contributed by atoms with Gasteiger partial charge in [-0.1, -0.05) is 23.7 Å². The van der Waals surface area contributed by atoms with E-state index in [0.717, 1.165) is 30.0 Å². The molecule has 22 nitrogen and oxygen atoms in total. The molecule has 2 aliphatic heterocycles. The van der Waals surface area contributed by atoms with Gasteiger partial charge >= 0.3 is 36.9 Å². The maximum absolute atomic E-state index is 10.5. The number of nitrogens with one attached hydrogen (secondary N) is 1. The molecule has 5 amide bonds. The molecule has 3 N–H and O–H groups in total. The Morgan fingerprint density at radius 2 is 1.27 bits per heavy atom. The van der Waals surface area contributed by atoms with Crippen LogP contribution in [0.25, 0.3) is 0 Å². The Balaban J connectivity index is -0.000000146. The van der Waals surface area contributed by atoms with Gasteiger partial charge in [-0.25, -0.2) is 13.4 Å². The van der Waals surface area contributed by atoms with E-state index in [4.69, 9.17) is 31.1 Å². The van der Waals surface area contributed by atoms with Crippen molar-refractivity contribution in [2.75, 3.05) is 56.7 Å². The normalized spacial score (nSPS) is 12.3. The zero-order valence-corrected chi connectivity index (χ0v) is 42.4. The Morgan fingerprint density at radius 3 is 1.40 bits per heavy atom. The summed E-state index contributed by atoms with van der Waals surface area (Å²) in [5.41, 5.74) is 1.03. The molecule has 0 bridgehead atoms. The number of methoxy groups -OCH3 is 2. The smallest absolute Gasteiger partial charge is 0.726 e. The van der Waals surface area contributed by atoms with Crippen molar-refractivity contribution in [1.82, 2.24) is 24.7 Å². The van der Waals surface area contributed by atoms with Crippen LogP contribution in [0.3, 0.4) is 0 Å². The van der Waals surface area contributed by atoms with Gasteiger partial charge in [0.15, 0.2) is 5.78 Å². The fourth-order valence-corrected chi connectivity index (χ4v) is 2.96. The first-order chi connectivity index (χ1) is 28.7. The summed E-state index contributed by atoms with van der Waals surface area (Å²) >= 11 is 5.61. The van der Waals surface area contributed by atoms with Crippen LogP contribution in [0.15, 0.2) is 60.0 Å². The predicted octanol–water partition coefficient (Wildman–Crippen LogP) is -0.705. The van der Waals surface area contributed by atoms with Gasteiger partial charge in [-0.05, 0) is 51.5 Å². The number of likely N-dealkylation sites (tertiary alicyclic amines) is 2. The summed E-state index contributed by atoms with van der Waals surface area (Å²) in [6.07, 6.45) is 9.39. The molecule has 0 unspecified atom stereocenters. The molecular weight excluding hydrogens is 886 g/mol. The minimum Gasteiger partial charge on any atom is -0.726 e. The molecule has 4 rings (SSSR count). The van der Waals surface area contributed by atoms with Gasteiger partial charge in [-0.15, -0.1) is 0 Å². The van der Waals surface area contributed by atoms with E-state index >= 15 is 0 Å². The number of imide groups is 2. The van der Waals surface area contributed by atoms with E-state index in [0.29, 0.717) is 31.4 Å². The van der Waals surface area contributed by atoms with Crippen LogP contribution in [-0.4, -0.2) is 147 Å². The van der Waals surface area contributed by atoms with Crippen molar-refractivity contribution in [3.63, 3.8) is 0 Å². The van der Waals surface area contributed by atoms with Gasteiger partial charge in [-0.3, -0.25) is 42.8 Å². The number of ketones is 1. The molecule has 0 aliphatic carbocycles. The molecule has 0 saturated carbocycles. The van der Waals surface area contributed by atoms with E-state index < -0.39 is 17.7 Å². The number of carbonyl (C=O) groups is 6. The van der Waals surface area contributed by atoms with Crippen molar-refractivity contribution in [2.24, 2.45) is 12.2 Å². The van der Waals surface area contributed by atoms with Crippen LogP contribution in [0.2, 0.25) is 5.02 Å². The number of carbonyl (C=O) groups excluding carboxylic acids is 6. The number of oxime groups is 1. The van der Waals surface area contributed by atoms with Crippen molar-refractivity contribution >= 4 is 70.4 Å². The van der Waals surface area contributed by atoms with Gasteiger partial charge in [0, 0.05) is 91.4 Å². The number of imidazole rings is 1. The van der Waals surface area contributed by atoms with Crippen LogP contribution in [0.1, 0.15) is 66.7 Å². The third kappa shape index (κ3) is 52.0. The fourth-order valence-electron chi connectivity index (χ4n) is 2.84. The van der Waals surface area contributed by atoms with E-state index in [2.05, 4.69) is 29.1 Å². The average Bonchev–Trinajstić information content (AvgIpc) is 3.92. The quantitative estimate of drug-likeness (QED) is 0.0452. The van der Waals surface area contributed by atoms with Crippen LogP contribution in [0, 0.1) is 0 Å². The molecule has 3 heterocycles. The summed E-state index contributed by atoms with van der Waals surface area (Å²) in [5.74, 6) is 1.27. The Bertz CT molecular complexity index is 1650. The van der Waals surface area contributed by atoms with Crippen molar-refractivity contribution in [3.8, 4) is 5.75 Å².